The van der Waals surface area contributed by atoms with Gasteiger partial charge in [-0.15, -0.1) is 0 Å². The number of hydrogen-bond acceptors (Lipinski definition) is 5. The van der Waals surface area contributed by atoms with E-state index in [0.29, 0.717) is 0 Å². The number of alkyl carbamates (subject to hydrolysis) is 1. The molecular formula is C16H21NO5. The van der Waals surface area contributed by atoms with Crippen LogP contribution in [0.5, 0.6) is 0 Å². The van der Waals surface area contributed by atoms with E-state index in [1.165, 1.54) is 0 Å². The molecule has 0 saturated carbocycles. The minimum Gasteiger partial charge on any atom is -0.460 e. The SMILES string of the molecule is CC(C)(C)OC(=O)CC(=O)CNC(=O)OCc1ccccc1. The van der Waals surface area contributed by atoms with E-state index in [9.17, 15) is 14.4 Å². The van der Waals surface area contributed by atoms with Gasteiger partial charge >= 0.3 is 12.1 Å². The first kappa shape index (κ1) is 17.7. The van der Waals surface area contributed by atoms with Crippen molar-refractivity contribution >= 4 is 17.8 Å². The maximum absolute atomic E-state index is 11.5. The van der Waals surface area contributed by atoms with E-state index in [4.69, 9.17) is 9.47 Å². The first-order valence-corrected chi connectivity index (χ1v) is 6.94. The fourth-order valence-electron chi connectivity index (χ4n) is 1.55. The quantitative estimate of drug-likeness (QED) is 0.643. The Morgan fingerprint density at radius 1 is 1.09 bits per heavy atom. The first-order valence-electron chi connectivity index (χ1n) is 6.94. The molecule has 0 fully saturated rings. The predicted octanol–water partition coefficient (Wildman–Crippen LogP) is 2.21. The Morgan fingerprint density at radius 2 is 1.73 bits per heavy atom. The number of esters is 1. The van der Waals surface area contributed by atoms with Crippen LogP contribution in [0.4, 0.5) is 4.79 Å². The molecule has 120 valence electrons. The molecule has 0 bridgehead atoms. The van der Waals surface area contributed by atoms with Crippen LogP contribution in [0, 0.1) is 0 Å². The molecule has 1 amide bonds. The van der Waals surface area contributed by atoms with E-state index in [1.54, 1.807) is 20.8 Å². The van der Waals surface area contributed by atoms with Crippen LogP contribution < -0.4 is 5.32 Å². The Balaban J connectivity index is 2.23. The van der Waals surface area contributed by atoms with Crippen molar-refractivity contribution in [1.82, 2.24) is 5.32 Å². The van der Waals surface area contributed by atoms with Crippen LogP contribution in [0.15, 0.2) is 30.3 Å². The largest absolute Gasteiger partial charge is 0.460 e. The summed E-state index contributed by atoms with van der Waals surface area (Å²) < 4.78 is 9.96. The number of carbonyl (C=O) groups excluding carboxylic acids is 3. The maximum atomic E-state index is 11.5. The van der Waals surface area contributed by atoms with Crippen molar-refractivity contribution in [3.63, 3.8) is 0 Å². The molecule has 1 N–H and O–H groups in total. The van der Waals surface area contributed by atoms with Gasteiger partial charge in [0, 0.05) is 0 Å². The second-order valence-electron chi connectivity index (χ2n) is 5.72. The van der Waals surface area contributed by atoms with Gasteiger partial charge in [-0.05, 0) is 26.3 Å². The molecule has 1 aromatic rings. The van der Waals surface area contributed by atoms with Crippen LogP contribution in [0.3, 0.4) is 0 Å². The van der Waals surface area contributed by atoms with Crippen molar-refractivity contribution in [3.05, 3.63) is 35.9 Å². The predicted molar refractivity (Wildman–Crippen MR) is 80.1 cm³/mol. The number of carbonyl (C=O) groups is 3. The molecule has 0 unspecified atom stereocenters. The third-order valence-corrected chi connectivity index (χ3v) is 2.40. The Bertz CT molecular complexity index is 519. The van der Waals surface area contributed by atoms with Gasteiger partial charge in [-0.1, -0.05) is 30.3 Å². The van der Waals surface area contributed by atoms with Crippen LogP contribution >= 0.6 is 0 Å². The van der Waals surface area contributed by atoms with Crippen LogP contribution in [-0.2, 0) is 25.7 Å². The Kier molecular flexibility index (Phi) is 6.56. The van der Waals surface area contributed by atoms with Gasteiger partial charge in [0.2, 0.25) is 0 Å². The minimum absolute atomic E-state index is 0.118. The zero-order valence-electron chi connectivity index (χ0n) is 13.0. The molecule has 0 spiro atoms. The molecule has 0 heterocycles. The topological polar surface area (TPSA) is 81.7 Å². The number of ether oxygens (including phenoxy) is 2. The molecule has 6 heteroatoms. The van der Waals surface area contributed by atoms with Gasteiger partial charge < -0.3 is 14.8 Å². The van der Waals surface area contributed by atoms with Gasteiger partial charge in [-0.25, -0.2) is 4.79 Å². The van der Waals surface area contributed by atoms with E-state index < -0.39 is 23.4 Å². The van der Waals surface area contributed by atoms with E-state index in [0.717, 1.165) is 5.56 Å². The van der Waals surface area contributed by atoms with E-state index in [-0.39, 0.29) is 19.6 Å². The standard InChI is InChI=1S/C16H21NO5/c1-16(2,3)22-14(19)9-13(18)10-17-15(20)21-11-12-7-5-4-6-8-12/h4-8H,9-11H2,1-3H3,(H,17,20). The van der Waals surface area contributed by atoms with E-state index >= 15 is 0 Å². The normalized spacial score (nSPS) is 10.7. The summed E-state index contributed by atoms with van der Waals surface area (Å²) in [4.78, 5) is 34.4. The summed E-state index contributed by atoms with van der Waals surface area (Å²) in [5.41, 5.74) is 0.206. The number of amides is 1. The molecule has 0 aromatic heterocycles. The molecule has 22 heavy (non-hydrogen) atoms. The third-order valence-electron chi connectivity index (χ3n) is 2.40. The van der Waals surface area contributed by atoms with Gasteiger partial charge in [0.15, 0.2) is 5.78 Å². The Hall–Kier alpha value is -2.37. The average Bonchev–Trinajstić information content (AvgIpc) is 2.42. The number of benzene rings is 1. The number of hydrogen-bond donors (Lipinski definition) is 1. The van der Waals surface area contributed by atoms with E-state index in [1.807, 2.05) is 30.3 Å². The molecule has 0 aliphatic rings. The third kappa shape index (κ3) is 8.04. The van der Waals surface area contributed by atoms with Crippen LogP contribution in [0.25, 0.3) is 0 Å². The highest BCUT2D eigenvalue weighted by Crippen LogP contribution is 2.08. The zero-order chi connectivity index (χ0) is 16.6. The van der Waals surface area contributed by atoms with Gasteiger partial charge in [0.05, 0.1) is 6.54 Å². The van der Waals surface area contributed by atoms with Crippen molar-refractivity contribution in [2.45, 2.75) is 39.4 Å². The highest BCUT2D eigenvalue weighted by Gasteiger charge is 2.19. The minimum atomic E-state index is -0.707. The summed E-state index contributed by atoms with van der Waals surface area (Å²) in [5, 5.41) is 2.30. The summed E-state index contributed by atoms with van der Waals surface area (Å²) in [6.45, 7) is 5.00. The van der Waals surface area contributed by atoms with Crippen molar-refractivity contribution in [2.75, 3.05) is 6.54 Å². The van der Waals surface area contributed by atoms with Gasteiger partial charge in [-0.3, -0.25) is 9.59 Å². The lowest BCUT2D eigenvalue weighted by Crippen LogP contribution is -2.32. The number of Topliss-reactive ketones (excluding diaryl/α,β-unsaturated/α-hetero) is 1. The fraction of sp³-hybridized carbons (Fsp3) is 0.438. The summed E-state index contributed by atoms with van der Waals surface area (Å²) in [5.74, 6) is -1.05. The maximum Gasteiger partial charge on any atom is 0.407 e. The Labute approximate surface area is 129 Å². The highest BCUT2D eigenvalue weighted by atomic mass is 16.6. The number of rotatable bonds is 6. The lowest BCUT2D eigenvalue weighted by molar-refractivity contribution is -0.156. The van der Waals surface area contributed by atoms with Gasteiger partial charge in [0.1, 0.15) is 18.6 Å². The van der Waals surface area contributed by atoms with Crippen LogP contribution in [0.1, 0.15) is 32.8 Å². The summed E-state index contributed by atoms with van der Waals surface area (Å²) >= 11 is 0. The van der Waals surface area contributed by atoms with Crippen LogP contribution in [0.2, 0.25) is 0 Å². The molecule has 0 atom stereocenters. The summed E-state index contributed by atoms with van der Waals surface area (Å²) in [6, 6.07) is 9.17. The summed E-state index contributed by atoms with van der Waals surface area (Å²) in [6.07, 6.45) is -1.09. The smallest absolute Gasteiger partial charge is 0.407 e. The summed E-state index contributed by atoms with van der Waals surface area (Å²) in [7, 11) is 0. The molecular weight excluding hydrogens is 286 g/mol. The molecule has 0 aliphatic heterocycles. The zero-order valence-corrected chi connectivity index (χ0v) is 13.0. The monoisotopic (exact) mass is 307 g/mol. The van der Waals surface area contributed by atoms with Crippen molar-refractivity contribution in [3.8, 4) is 0 Å². The van der Waals surface area contributed by atoms with Crippen molar-refractivity contribution in [1.29, 1.82) is 0 Å². The fourth-order valence-corrected chi connectivity index (χ4v) is 1.55. The first-order chi connectivity index (χ1) is 10.3. The number of ketones is 1. The Morgan fingerprint density at radius 3 is 2.32 bits per heavy atom. The van der Waals surface area contributed by atoms with Crippen LogP contribution in [-0.4, -0.2) is 30.0 Å². The molecule has 0 radical (unpaired) electrons. The molecule has 0 aliphatic carbocycles. The van der Waals surface area contributed by atoms with Crippen molar-refractivity contribution < 1.29 is 23.9 Å². The number of nitrogens with one attached hydrogen (secondary N) is 1. The van der Waals surface area contributed by atoms with Gasteiger partial charge in [0.25, 0.3) is 0 Å². The lowest BCUT2D eigenvalue weighted by atomic mass is 10.2. The van der Waals surface area contributed by atoms with Crippen molar-refractivity contribution in [2.24, 2.45) is 0 Å². The molecule has 6 nitrogen and oxygen atoms in total. The average molecular weight is 307 g/mol. The second-order valence-corrected chi connectivity index (χ2v) is 5.72. The van der Waals surface area contributed by atoms with Gasteiger partial charge in [-0.2, -0.15) is 0 Å². The molecule has 1 rings (SSSR count). The molecule has 1 aromatic carbocycles. The van der Waals surface area contributed by atoms with E-state index in [2.05, 4.69) is 5.32 Å². The molecule has 0 saturated heterocycles. The lowest BCUT2D eigenvalue weighted by Gasteiger charge is -2.19. The second kappa shape index (κ2) is 8.17. The highest BCUT2D eigenvalue weighted by molar-refractivity contribution is 5.97.